The molecule has 6 nitrogen and oxygen atoms in total. The Morgan fingerprint density at radius 2 is 1.75 bits per heavy atom. The highest BCUT2D eigenvalue weighted by Crippen LogP contribution is 2.31. The maximum absolute atomic E-state index is 12.2. The van der Waals surface area contributed by atoms with E-state index in [0.717, 1.165) is 11.1 Å². The van der Waals surface area contributed by atoms with E-state index in [1.807, 2.05) is 30.3 Å². The standard InChI is InChI=1S/C14H10O2.C4H9NO3/c15-12-7-3-5-10-8-9-4-1-2-6-11(9)14(16)13(10)12;1-2(6)3(5)4(7)8/h1-7,15H,8H2;2-3,6H,5H2,1H3,(H,7,8). The Morgan fingerprint density at radius 3 is 2.33 bits per heavy atom. The van der Waals surface area contributed by atoms with Crippen molar-refractivity contribution in [2.45, 2.75) is 25.5 Å². The SMILES string of the molecule is CC(O)C(N)C(=O)O.O=C1c2ccccc2Cc2cccc(O)c21. The monoisotopic (exact) mass is 329 g/mol. The summed E-state index contributed by atoms with van der Waals surface area (Å²) in [7, 11) is 0. The Labute approximate surface area is 139 Å². The van der Waals surface area contributed by atoms with Crippen LogP contribution in [0.5, 0.6) is 5.75 Å². The van der Waals surface area contributed by atoms with Crippen molar-refractivity contribution in [1.82, 2.24) is 0 Å². The van der Waals surface area contributed by atoms with Crippen molar-refractivity contribution in [2.24, 2.45) is 5.73 Å². The minimum atomic E-state index is -1.18. The minimum Gasteiger partial charge on any atom is -0.507 e. The van der Waals surface area contributed by atoms with Gasteiger partial charge in [0.1, 0.15) is 11.8 Å². The molecule has 2 atom stereocenters. The number of carboxylic acid groups (broad SMARTS) is 1. The van der Waals surface area contributed by atoms with Crippen LogP contribution >= 0.6 is 0 Å². The fourth-order valence-electron chi connectivity index (χ4n) is 2.44. The van der Waals surface area contributed by atoms with E-state index in [0.29, 0.717) is 17.5 Å². The zero-order valence-electron chi connectivity index (χ0n) is 13.1. The third kappa shape index (κ3) is 3.61. The quantitative estimate of drug-likeness (QED) is 0.562. The van der Waals surface area contributed by atoms with Crippen LogP contribution in [0.15, 0.2) is 42.5 Å². The number of carboxylic acids is 1. The van der Waals surface area contributed by atoms with E-state index in [1.54, 1.807) is 12.1 Å². The number of hydrogen-bond acceptors (Lipinski definition) is 5. The molecule has 1 aliphatic rings. The molecule has 0 bridgehead atoms. The van der Waals surface area contributed by atoms with E-state index >= 15 is 0 Å². The molecule has 24 heavy (non-hydrogen) atoms. The van der Waals surface area contributed by atoms with Crippen LogP contribution in [-0.4, -0.2) is 39.2 Å². The summed E-state index contributed by atoms with van der Waals surface area (Å²) in [4.78, 5) is 22.0. The van der Waals surface area contributed by atoms with Gasteiger partial charge in [0.2, 0.25) is 0 Å². The van der Waals surface area contributed by atoms with Gasteiger partial charge in [-0.3, -0.25) is 9.59 Å². The Kier molecular flexibility index (Phi) is 5.33. The van der Waals surface area contributed by atoms with E-state index in [4.69, 9.17) is 15.9 Å². The number of hydrogen-bond donors (Lipinski definition) is 4. The van der Waals surface area contributed by atoms with Gasteiger partial charge < -0.3 is 21.1 Å². The van der Waals surface area contributed by atoms with E-state index in [2.05, 4.69) is 0 Å². The molecule has 0 saturated heterocycles. The molecular formula is C18H19NO5. The zero-order chi connectivity index (χ0) is 17.9. The van der Waals surface area contributed by atoms with Gasteiger partial charge in [-0.1, -0.05) is 36.4 Å². The molecule has 0 heterocycles. The topological polar surface area (TPSA) is 121 Å². The molecule has 1 aliphatic carbocycles. The third-order valence-corrected chi connectivity index (χ3v) is 3.80. The minimum absolute atomic E-state index is 0.0741. The molecule has 5 N–H and O–H groups in total. The third-order valence-electron chi connectivity index (χ3n) is 3.80. The molecule has 0 aliphatic heterocycles. The van der Waals surface area contributed by atoms with Crippen LogP contribution in [0, 0.1) is 0 Å². The molecule has 0 radical (unpaired) electrons. The van der Waals surface area contributed by atoms with Crippen molar-refractivity contribution in [2.75, 3.05) is 0 Å². The lowest BCUT2D eigenvalue weighted by Gasteiger charge is -2.18. The summed E-state index contributed by atoms with van der Waals surface area (Å²) in [6, 6.07) is 11.6. The Bertz CT molecular complexity index is 770. The molecule has 2 aromatic rings. The maximum Gasteiger partial charge on any atom is 0.323 e. The maximum atomic E-state index is 12.2. The van der Waals surface area contributed by atoms with E-state index in [9.17, 15) is 14.7 Å². The number of aliphatic hydroxyl groups is 1. The van der Waals surface area contributed by atoms with Gasteiger partial charge in [0.15, 0.2) is 5.78 Å². The predicted octanol–water partition coefficient (Wildman–Crippen LogP) is 1.31. The number of carbonyl (C=O) groups excluding carboxylic acids is 1. The number of benzene rings is 2. The van der Waals surface area contributed by atoms with Crippen LogP contribution in [-0.2, 0) is 11.2 Å². The Morgan fingerprint density at radius 1 is 1.12 bits per heavy atom. The van der Waals surface area contributed by atoms with Gasteiger partial charge in [-0.15, -0.1) is 0 Å². The lowest BCUT2D eigenvalue weighted by atomic mass is 9.85. The van der Waals surface area contributed by atoms with Crippen molar-refractivity contribution in [3.8, 4) is 5.75 Å². The van der Waals surface area contributed by atoms with Crippen molar-refractivity contribution < 1.29 is 24.9 Å². The van der Waals surface area contributed by atoms with E-state index in [-0.39, 0.29) is 11.5 Å². The summed E-state index contributed by atoms with van der Waals surface area (Å²) in [5, 5.41) is 26.3. The van der Waals surface area contributed by atoms with Gasteiger partial charge in [0.25, 0.3) is 0 Å². The lowest BCUT2D eigenvalue weighted by molar-refractivity contribution is -0.140. The number of aliphatic hydroxyl groups excluding tert-OH is 1. The van der Waals surface area contributed by atoms with Gasteiger partial charge in [-0.2, -0.15) is 0 Å². The van der Waals surface area contributed by atoms with Crippen LogP contribution in [0.4, 0.5) is 0 Å². The predicted molar refractivity (Wildman–Crippen MR) is 88.1 cm³/mol. The first kappa shape index (κ1) is 17.7. The first-order chi connectivity index (χ1) is 11.3. The summed E-state index contributed by atoms with van der Waals surface area (Å²) in [6.07, 6.45) is -0.265. The second kappa shape index (κ2) is 7.25. The van der Waals surface area contributed by atoms with Gasteiger partial charge in [-0.25, -0.2) is 0 Å². The molecule has 3 rings (SSSR count). The van der Waals surface area contributed by atoms with Gasteiger partial charge in [0.05, 0.1) is 11.7 Å². The fourth-order valence-corrected chi connectivity index (χ4v) is 2.44. The molecule has 0 fully saturated rings. The summed E-state index contributed by atoms with van der Waals surface area (Å²) in [5.41, 5.74) is 8.01. The molecule has 2 unspecified atom stereocenters. The van der Waals surface area contributed by atoms with Crippen molar-refractivity contribution in [3.63, 3.8) is 0 Å². The van der Waals surface area contributed by atoms with Crippen LogP contribution in [0.2, 0.25) is 0 Å². The average molecular weight is 329 g/mol. The van der Waals surface area contributed by atoms with Crippen molar-refractivity contribution in [3.05, 3.63) is 64.7 Å². The van der Waals surface area contributed by atoms with Crippen molar-refractivity contribution in [1.29, 1.82) is 0 Å². The molecule has 6 heteroatoms. The molecule has 0 saturated carbocycles. The molecular weight excluding hydrogens is 310 g/mol. The fraction of sp³-hybridized carbons (Fsp3) is 0.222. The number of phenolic OH excluding ortho intramolecular Hbond substituents is 1. The second-order valence-corrected chi connectivity index (χ2v) is 5.58. The number of nitrogens with two attached hydrogens (primary N) is 1. The smallest absolute Gasteiger partial charge is 0.323 e. The van der Waals surface area contributed by atoms with Crippen LogP contribution < -0.4 is 5.73 Å². The van der Waals surface area contributed by atoms with Crippen molar-refractivity contribution >= 4 is 11.8 Å². The molecule has 0 aromatic heterocycles. The summed E-state index contributed by atoms with van der Waals surface area (Å²) < 4.78 is 0. The van der Waals surface area contributed by atoms with Crippen LogP contribution in [0.3, 0.4) is 0 Å². The van der Waals surface area contributed by atoms with E-state index < -0.39 is 18.1 Å². The number of ketones is 1. The first-order valence-electron chi connectivity index (χ1n) is 7.42. The summed E-state index contributed by atoms with van der Waals surface area (Å²) >= 11 is 0. The summed E-state index contributed by atoms with van der Waals surface area (Å²) in [6.45, 7) is 1.33. The number of aliphatic carboxylic acids is 1. The van der Waals surface area contributed by atoms with Gasteiger partial charge in [0, 0.05) is 5.56 Å². The van der Waals surface area contributed by atoms with Crippen LogP contribution in [0.25, 0.3) is 0 Å². The Balaban J connectivity index is 0.000000224. The molecule has 0 amide bonds. The highest BCUT2D eigenvalue weighted by Gasteiger charge is 2.25. The van der Waals surface area contributed by atoms with Gasteiger partial charge >= 0.3 is 5.97 Å². The summed E-state index contributed by atoms with van der Waals surface area (Å²) in [5.74, 6) is -1.17. The Hall–Kier alpha value is -2.70. The second-order valence-electron chi connectivity index (χ2n) is 5.58. The molecule has 2 aromatic carbocycles. The molecule has 0 spiro atoms. The average Bonchev–Trinajstić information content (AvgIpc) is 2.54. The number of fused-ring (bicyclic) bond motifs is 2. The van der Waals surface area contributed by atoms with Gasteiger partial charge in [-0.05, 0) is 30.5 Å². The molecule has 126 valence electrons. The first-order valence-corrected chi connectivity index (χ1v) is 7.42. The normalized spacial score (nSPS) is 14.5. The largest absolute Gasteiger partial charge is 0.507 e. The highest BCUT2D eigenvalue weighted by atomic mass is 16.4. The van der Waals surface area contributed by atoms with E-state index in [1.165, 1.54) is 6.92 Å². The number of carbonyl (C=O) groups is 2. The zero-order valence-corrected chi connectivity index (χ0v) is 13.1. The highest BCUT2D eigenvalue weighted by molar-refractivity contribution is 6.13. The number of rotatable bonds is 2. The lowest BCUT2D eigenvalue weighted by Crippen LogP contribution is -2.39. The number of aromatic hydroxyl groups is 1. The van der Waals surface area contributed by atoms with Crippen LogP contribution in [0.1, 0.15) is 34.0 Å². The number of phenols is 1.